The number of carbonyl (C=O) groups is 1. The first-order valence-electron chi connectivity index (χ1n) is 4.69. The lowest BCUT2D eigenvalue weighted by molar-refractivity contribution is 0.0601. The van der Waals surface area contributed by atoms with Gasteiger partial charge in [-0.3, -0.25) is 0 Å². The van der Waals surface area contributed by atoms with Gasteiger partial charge in [0, 0.05) is 5.56 Å². The van der Waals surface area contributed by atoms with E-state index in [-0.39, 0.29) is 5.97 Å². The monoisotopic (exact) mass is 234 g/mol. The van der Waals surface area contributed by atoms with Gasteiger partial charge < -0.3 is 4.74 Å². The van der Waals surface area contributed by atoms with Crippen LogP contribution in [0.2, 0.25) is 0 Å². The lowest BCUT2D eigenvalue weighted by atomic mass is 10.1. The lowest BCUT2D eigenvalue weighted by Crippen LogP contribution is -2.00. The van der Waals surface area contributed by atoms with E-state index in [0.29, 0.717) is 5.56 Å². The molecule has 0 unspecified atom stereocenters. The Balaban J connectivity index is 2.29. The highest BCUT2D eigenvalue weighted by molar-refractivity contribution is 7.14. The van der Waals surface area contributed by atoms with Crippen molar-refractivity contribution >= 4 is 17.3 Å². The van der Waals surface area contributed by atoms with Crippen LogP contribution in [0.1, 0.15) is 15.4 Å². The second-order valence-electron chi connectivity index (χ2n) is 3.20. The number of methoxy groups -OCH3 is 1. The minimum absolute atomic E-state index is 0.333. The van der Waals surface area contributed by atoms with Crippen molar-refractivity contribution < 1.29 is 9.53 Å². The molecule has 0 atom stereocenters. The van der Waals surface area contributed by atoms with Gasteiger partial charge in [0.2, 0.25) is 0 Å². The van der Waals surface area contributed by atoms with Crippen LogP contribution in [0.5, 0.6) is 0 Å². The van der Waals surface area contributed by atoms with E-state index in [1.165, 1.54) is 18.4 Å². The molecule has 1 aromatic carbocycles. The Morgan fingerprint density at radius 3 is 2.44 bits per heavy atom. The van der Waals surface area contributed by atoms with Gasteiger partial charge in [0.05, 0.1) is 12.7 Å². The molecule has 4 nitrogen and oxygen atoms in total. The maximum absolute atomic E-state index is 11.2. The van der Waals surface area contributed by atoms with Crippen LogP contribution >= 0.6 is 11.3 Å². The van der Waals surface area contributed by atoms with Crippen molar-refractivity contribution in [2.24, 2.45) is 0 Å². The third kappa shape index (κ3) is 2.09. The van der Waals surface area contributed by atoms with Gasteiger partial charge in [-0.15, -0.1) is 10.2 Å². The summed E-state index contributed by atoms with van der Waals surface area (Å²) in [6.07, 6.45) is 0. The number of nitrogens with zero attached hydrogens (tertiary/aromatic N) is 2. The summed E-state index contributed by atoms with van der Waals surface area (Å²) in [5.41, 5.74) is 1.49. The van der Waals surface area contributed by atoms with Crippen molar-refractivity contribution in [3.05, 3.63) is 34.8 Å². The number of rotatable bonds is 2. The third-order valence-corrected chi connectivity index (χ3v) is 2.97. The van der Waals surface area contributed by atoms with Crippen LogP contribution < -0.4 is 0 Å². The molecule has 2 rings (SSSR count). The zero-order valence-corrected chi connectivity index (χ0v) is 9.75. The van der Waals surface area contributed by atoms with Crippen LogP contribution in [-0.2, 0) is 4.74 Å². The van der Waals surface area contributed by atoms with Crippen LogP contribution in [0.3, 0.4) is 0 Å². The maximum Gasteiger partial charge on any atom is 0.337 e. The molecule has 0 amide bonds. The average Bonchev–Trinajstić information content (AvgIpc) is 2.75. The number of hydrogen-bond acceptors (Lipinski definition) is 5. The van der Waals surface area contributed by atoms with E-state index in [4.69, 9.17) is 0 Å². The molecule has 0 saturated heterocycles. The summed E-state index contributed by atoms with van der Waals surface area (Å²) in [5, 5.41) is 9.76. The van der Waals surface area contributed by atoms with Crippen LogP contribution in [0.4, 0.5) is 0 Å². The predicted octanol–water partition coefficient (Wildman–Crippen LogP) is 2.30. The highest BCUT2D eigenvalue weighted by Gasteiger charge is 2.07. The molecule has 0 aliphatic heterocycles. The molecule has 0 aliphatic rings. The summed E-state index contributed by atoms with van der Waals surface area (Å²) < 4.78 is 4.62. The predicted molar refractivity (Wildman–Crippen MR) is 61.4 cm³/mol. The third-order valence-electron chi connectivity index (χ3n) is 2.08. The Hall–Kier alpha value is -1.75. The van der Waals surface area contributed by atoms with Crippen molar-refractivity contribution in [3.8, 4) is 10.6 Å². The largest absolute Gasteiger partial charge is 0.465 e. The SMILES string of the molecule is COC(=O)c1ccc(-c2nnc(C)s2)cc1. The van der Waals surface area contributed by atoms with Crippen molar-refractivity contribution in [2.75, 3.05) is 7.11 Å². The van der Waals surface area contributed by atoms with Crippen LogP contribution in [0.15, 0.2) is 24.3 Å². The van der Waals surface area contributed by atoms with Crippen molar-refractivity contribution in [1.82, 2.24) is 10.2 Å². The van der Waals surface area contributed by atoms with Crippen LogP contribution in [0.25, 0.3) is 10.6 Å². The molecule has 0 spiro atoms. The lowest BCUT2D eigenvalue weighted by Gasteiger charge is -1.99. The number of benzene rings is 1. The van der Waals surface area contributed by atoms with Crippen molar-refractivity contribution in [2.45, 2.75) is 6.92 Å². The van der Waals surface area contributed by atoms with Gasteiger partial charge in [0.25, 0.3) is 0 Å². The van der Waals surface area contributed by atoms with E-state index in [1.54, 1.807) is 12.1 Å². The van der Waals surface area contributed by atoms with Crippen molar-refractivity contribution in [1.29, 1.82) is 0 Å². The van der Waals surface area contributed by atoms with E-state index in [2.05, 4.69) is 14.9 Å². The maximum atomic E-state index is 11.2. The molecule has 82 valence electrons. The minimum atomic E-state index is -0.333. The van der Waals surface area contributed by atoms with E-state index < -0.39 is 0 Å². The Kier molecular flexibility index (Phi) is 2.96. The second kappa shape index (κ2) is 4.40. The fourth-order valence-corrected chi connectivity index (χ4v) is 1.98. The first kappa shape index (κ1) is 10.8. The smallest absolute Gasteiger partial charge is 0.337 e. The summed E-state index contributed by atoms with van der Waals surface area (Å²) in [4.78, 5) is 11.2. The Morgan fingerprint density at radius 2 is 1.94 bits per heavy atom. The Bertz CT molecular complexity index is 505. The fourth-order valence-electron chi connectivity index (χ4n) is 1.28. The molecule has 1 heterocycles. The van der Waals surface area contributed by atoms with Gasteiger partial charge in [0.1, 0.15) is 10.0 Å². The van der Waals surface area contributed by atoms with Crippen LogP contribution in [-0.4, -0.2) is 23.3 Å². The average molecular weight is 234 g/mol. The molecule has 0 N–H and O–H groups in total. The van der Waals surface area contributed by atoms with E-state index in [9.17, 15) is 4.79 Å². The van der Waals surface area contributed by atoms with Gasteiger partial charge in [0.15, 0.2) is 0 Å². The summed E-state index contributed by atoms with van der Waals surface area (Å²) >= 11 is 1.52. The van der Waals surface area contributed by atoms with Crippen LogP contribution in [0, 0.1) is 6.92 Å². The summed E-state index contributed by atoms with van der Waals surface area (Å²) in [6.45, 7) is 1.91. The topological polar surface area (TPSA) is 52.1 Å². The fraction of sp³-hybridized carbons (Fsp3) is 0.182. The molecule has 0 radical (unpaired) electrons. The van der Waals surface area contributed by atoms with Gasteiger partial charge in [-0.05, 0) is 19.1 Å². The number of hydrogen-bond donors (Lipinski definition) is 0. The summed E-state index contributed by atoms with van der Waals surface area (Å²) in [6, 6.07) is 7.12. The standard InChI is InChI=1S/C11H10N2O2S/c1-7-12-13-10(16-7)8-3-5-9(6-4-8)11(14)15-2/h3-6H,1-2H3. The Morgan fingerprint density at radius 1 is 1.25 bits per heavy atom. The molecule has 0 saturated carbocycles. The molecule has 0 aliphatic carbocycles. The molecule has 16 heavy (non-hydrogen) atoms. The molecule has 0 bridgehead atoms. The van der Waals surface area contributed by atoms with Gasteiger partial charge >= 0.3 is 5.97 Å². The number of aryl methyl sites for hydroxylation is 1. The summed E-state index contributed by atoms with van der Waals surface area (Å²) in [7, 11) is 1.37. The normalized spacial score (nSPS) is 10.1. The number of ether oxygens (including phenoxy) is 1. The summed E-state index contributed by atoms with van der Waals surface area (Å²) in [5.74, 6) is -0.333. The van der Waals surface area contributed by atoms with E-state index >= 15 is 0 Å². The molecular weight excluding hydrogens is 224 g/mol. The highest BCUT2D eigenvalue weighted by atomic mass is 32.1. The van der Waals surface area contributed by atoms with Crippen molar-refractivity contribution in [3.63, 3.8) is 0 Å². The number of carbonyl (C=O) groups excluding carboxylic acids is 1. The molecule has 1 aromatic heterocycles. The number of esters is 1. The minimum Gasteiger partial charge on any atom is -0.465 e. The second-order valence-corrected chi connectivity index (χ2v) is 4.38. The molecule has 2 aromatic rings. The molecule has 0 fully saturated rings. The first-order chi connectivity index (χ1) is 7.70. The quantitative estimate of drug-likeness (QED) is 0.748. The van der Waals surface area contributed by atoms with Gasteiger partial charge in [-0.25, -0.2) is 4.79 Å². The first-order valence-corrected chi connectivity index (χ1v) is 5.51. The number of aromatic nitrogens is 2. The zero-order chi connectivity index (χ0) is 11.5. The van der Waals surface area contributed by atoms with Gasteiger partial charge in [-0.2, -0.15) is 0 Å². The van der Waals surface area contributed by atoms with E-state index in [1.807, 2.05) is 19.1 Å². The van der Waals surface area contributed by atoms with E-state index in [0.717, 1.165) is 15.6 Å². The van der Waals surface area contributed by atoms with Gasteiger partial charge in [-0.1, -0.05) is 23.5 Å². The highest BCUT2D eigenvalue weighted by Crippen LogP contribution is 2.23. The Labute approximate surface area is 96.9 Å². The molecule has 5 heteroatoms. The molecular formula is C11H10N2O2S. The zero-order valence-electron chi connectivity index (χ0n) is 8.93.